The van der Waals surface area contributed by atoms with Crippen LogP contribution in [0.25, 0.3) is 10.6 Å². The number of nitrogens with one attached hydrogen (secondary N) is 1. The molecule has 1 amide bonds. The lowest BCUT2D eigenvalue weighted by molar-refractivity contribution is -0.137. The van der Waals surface area contributed by atoms with E-state index < -0.39 is 17.2 Å². The Kier molecular flexibility index (Phi) is 7.31. The van der Waals surface area contributed by atoms with Gasteiger partial charge in [-0.15, -0.1) is 11.3 Å². The van der Waals surface area contributed by atoms with Gasteiger partial charge in [0.15, 0.2) is 11.5 Å². The van der Waals surface area contributed by atoms with E-state index in [-0.39, 0.29) is 18.9 Å². The number of hydrogen-bond donors (Lipinski definition) is 1. The predicted octanol–water partition coefficient (Wildman–Crippen LogP) is 5.48. The van der Waals surface area contributed by atoms with Gasteiger partial charge >= 0.3 is 6.18 Å². The first-order chi connectivity index (χ1) is 15.5. The van der Waals surface area contributed by atoms with Crippen LogP contribution in [0, 0.1) is 0 Å². The molecule has 0 spiro atoms. The van der Waals surface area contributed by atoms with E-state index in [9.17, 15) is 18.0 Å². The Balaban J connectivity index is 1.63. The molecule has 0 atom stereocenters. The molecule has 0 unspecified atom stereocenters. The molecule has 0 aliphatic carbocycles. The number of carbonyl (C=O) groups excluding carboxylic acids is 1. The smallest absolute Gasteiger partial charge is 0.416 e. The van der Waals surface area contributed by atoms with E-state index in [0.717, 1.165) is 22.7 Å². The Bertz CT molecular complexity index is 1130. The van der Waals surface area contributed by atoms with Crippen LogP contribution in [0.4, 0.5) is 13.2 Å². The maximum Gasteiger partial charge on any atom is 0.416 e. The third-order valence-corrected chi connectivity index (χ3v) is 6.16. The molecule has 1 aromatic heterocycles. The number of thiazole rings is 1. The van der Waals surface area contributed by atoms with Crippen molar-refractivity contribution in [1.29, 1.82) is 0 Å². The number of ether oxygens (including phenoxy) is 2. The van der Waals surface area contributed by atoms with Gasteiger partial charge < -0.3 is 14.8 Å². The number of benzene rings is 2. The molecule has 2 aromatic carbocycles. The molecule has 0 saturated heterocycles. The highest BCUT2D eigenvalue weighted by atomic mass is 32.1. The SMILES string of the molecule is COc1ccc(-c2nc(CC(=O)NCC(C)(C)c3cccc(C(F)(F)F)c3)cs2)cc1OC. The van der Waals surface area contributed by atoms with Crippen LogP contribution in [0.15, 0.2) is 47.8 Å². The highest BCUT2D eigenvalue weighted by molar-refractivity contribution is 7.13. The van der Waals surface area contributed by atoms with Crippen molar-refractivity contribution in [2.75, 3.05) is 20.8 Å². The standard InChI is InChI=1S/C24H25F3N2O3S/c1-23(2,16-6-5-7-17(11-16)24(25,26)27)14-28-21(30)12-18-13-33-22(29-18)15-8-9-19(31-3)20(10-15)32-4/h5-11,13H,12,14H2,1-4H3,(H,28,30). The fourth-order valence-corrected chi connectivity index (χ4v) is 4.07. The van der Waals surface area contributed by atoms with Gasteiger partial charge in [0.05, 0.1) is 31.9 Å². The molecule has 0 fully saturated rings. The highest BCUT2D eigenvalue weighted by Crippen LogP contribution is 2.34. The number of alkyl halides is 3. The first-order valence-electron chi connectivity index (χ1n) is 10.1. The van der Waals surface area contributed by atoms with E-state index >= 15 is 0 Å². The number of aromatic nitrogens is 1. The maximum atomic E-state index is 13.0. The number of amides is 1. The second-order valence-electron chi connectivity index (χ2n) is 8.13. The molecule has 3 rings (SSSR count). The summed E-state index contributed by atoms with van der Waals surface area (Å²) >= 11 is 1.41. The summed E-state index contributed by atoms with van der Waals surface area (Å²) in [5, 5.41) is 5.37. The zero-order valence-corrected chi connectivity index (χ0v) is 19.6. The number of rotatable bonds is 8. The summed E-state index contributed by atoms with van der Waals surface area (Å²) in [6.45, 7) is 3.78. The number of methoxy groups -OCH3 is 2. The molecular weight excluding hydrogens is 453 g/mol. The second-order valence-corrected chi connectivity index (χ2v) is 8.99. The number of nitrogens with zero attached hydrogens (tertiary/aromatic N) is 1. The summed E-state index contributed by atoms with van der Waals surface area (Å²) in [6.07, 6.45) is -4.34. The van der Waals surface area contributed by atoms with Crippen molar-refractivity contribution >= 4 is 17.2 Å². The van der Waals surface area contributed by atoms with Crippen LogP contribution in [-0.2, 0) is 22.8 Å². The van der Waals surface area contributed by atoms with Crippen LogP contribution in [0.3, 0.4) is 0 Å². The molecule has 9 heteroatoms. The van der Waals surface area contributed by atoms with E-state index in [1.54, 1.807) is 40.2 Å². The summed E-state index contributed by atoms with van der Waals surface area (Å²) in [5.41, 5.74) is 0.574. The molecule has 33 heavy (non-hydrogen) atoms. The molecule has 176 valence electrons. The normalized spacial score (nSPS) is 11.8. The zero-order chi connectivity index (χ0) is 24.2. The largest absolute Gasteiger partial charge is 0.493 e. The minimum atomic E-state index is -4.41. The van der Waals surface area contributed by atoms with Crippen molar-refractivity contribution in [3.8, 4) is 22.1 Å². The minimum Gasteiger partial charge on any atom is -0.493 e. The summed E-state index contributed by atoms with van der Waals surface area (Å²) in [4.78, 5) is 17.0. The predicted molar refractivity (Wildman–Crippen MR) is 122 cm³/mol. The molecular formula is C24H25F3N2O3S. The summed E-state index contributed by atoms with van der Waals surface area (Å²) in [5.74, 6) is 0.946. The number of carbonyl (C=O) groups is 1. The van der Waals surface area contributed by atoms with E-state index in [1.165, 1.54) is 17.4 Å². The number of halogens is 3. The van der Waals surface area contributed by atoms with E-state index in [0.29, 0.717) is 22.8 Å². The van der Waals surface area contributed by atoms with Crippen LogP contribution in [0.5, 0.6) is 11.5 Å². The Morgan fingerprint density at radius 1 is 1.03 bits per heavy atom. The van der Waals surface area contributed by atoms with Crippen LogP contribution in [0.2, 0.25) is 0 Å². The van der Waals surface area contributed by atoms with Crippen molar-refractivity contribution in [2.45, 2.75) is 31.9 Å². The fourth-order valence-electron chi connectivity index (χ4n) is 3.26. The Hall–Kier alpha value is -3.07. The minimum absolute atomic E-state index is 0.0719. The van der Waals surface area contributed by atoms with Gasteiger partial charge in [0.25, 0.3) is 0 Å². The van der Waals surface area contributed by atoms with Gasteiger partial charge in [0, 0.05) is 22.9 Å². The van der Waals surface area contributed by atoms with Crippen LogP contribution >= 0.6 is 11.3 Å². The average molecular weight is 479 g/mol. The van der Waals surface area contributed by atoms with Gasteiger partial charge in [-0.3, -0.25) is 4.79 Å². The monoisotopic (exact) mass is 478 g/mol. The molecule has 1 heterocycles. The van der Waals surface area contributed by atoms with E-state index in [4.69, 9.17) is 9.47 Å². The molecule has 0 aliphatic rings. The van der Waals surface area contributed by atoms with Crippen molar-refractivity contribution in [3.63, 3.8) is 0 Å². The topological polar surface area (TPSA) is 60.5 Å². The number of hydrogen-bond acceptors (Lipinski definition) is 5. The summed E-state index contributed by atoms with van der Waals surface area (Å²) in [6, 6.07) is 10.7. The van der Waals surface area contributed by atoms with Crippen molar-refractivity contribution in [3.05, 3.63) is 64.7 Å². The van der Waals surface area contributed by atoms with Gasteiger partial charge in [-0.2, -0.15) is 13.2 Å². The van der Waals surface area contributed by atoms with E-state index in [2.05, 4.69) is 10.3 Å². The van der Waals surface area contributed by atoms with E-state index in [1.807, 2.05) is 17.5 Å². The van der Waals surface area contributed by atoms with Crippen LogP contribution in [0.1, 0.15) is 30.7 Å². The first-order valence-corrected chi connectivity index (χ1v) is 11.0. The fraction of sp³-hybridized carbons (Fsp3) is 0.333. The van der Waals surface area contributed by atoms with Gasteiger partial charge in [-0.1, -0.05) is 32.0 Å². The molecule has 0 bridgehead atoms. The molecule has 1 N–H and O–H groups in total. The van der Waals surface area contributed by atoms with Crippen LogP contribution < -0.4 is 14.8 Å². The van der Waals surface area contributed by atoms with Gasteiger partial charge in [-0.25, -0.2) is 4.98 Å². The van der Waals surface area contributed by atoms with Gasteiger partial charge in [0.2, 0.25) is 5.91 Å². The third-order valence-electron chi connectivity index (χ3n) is 5.22. The summed E-state index contributed by atoms with van der Waals surface area (Å²) in [7, 11) is 3.12. The molecule has 0 radical (unpaired) electrons. The lowest BCUT2D eigenvalue weighted by atomic mass is 9.83. The molecule has 0 aliphatic heterocycles. The first kappa shape index (κ1) is 24.6. The van der Waals surface area contributed by atoms with Crippen LogP contribution in [-0.4, -0.2) is 31.7 Å². The molecule has 3 aromatic rings. The maximum absolute atomic E-state index is 13.0. The quantitative estimate of drug-likeness (QED) is 0.466. The van der Waals surface area contributed by atoms with Gasteiger partial charge in [0.1, 0.15) is 5.01 Å². The molecule has 0 saturated carbocycles. The lowest BCUT2D eigenvalue weighted by Gasteiger charge is -2.26. The van der Waals surface area contributed by atoms with Crippen molar-refractivity contribution in [1.82, 2.24) is 10.3 Å². The summed E-state index contributed by atoms with van der Waals surface area (Å²) < 4.78 is 49.7. The van der Waals surface area contributed by atoms with Crippen molar-refractivity contribution in [2.24, 2.45) is 0 Å². The molecule has 5 nitrogen and oxygen atoms in total. The Morgan fingerprint density at radius 2 is 1.73 bits per heavy atom. The average Bonchev–Trinajstić information content (AvgIpc) is 3.25. The Labute approximate surface area is 194 Å². The highest BCUT2D eigenvalue weighted by Gasteiger charge is 2.32. The Morgan fingerprint density at radius 3 is 2.39 bits per heavy atom. The third kappa shape index (κ3) is 6.04. The lowest BCUT2D eigenvalue weighted by Crippen LogP contribution is -2.37. The zero-order valence-electron chi connectivity index (χ0n) is 18.7. The van der Waals surface area contributed by atoms with Gasteiger partial charge in [-0.05, 0) is 29.8 Å². The second kappa shape index (κ2) is 9.82. The van der Waals surface area contributed by atoms with Crippen molar-refractivity contribution < 1.29 is 27.4 Å².